The van der Waals surface area contributed by atoms with Gasteiger partial charge in [-0.25, -0.2) is 0 Å². The van der Waals surface area contributed by atoms with Crippen molar-refractivity contribution in [2.45, 2.75) is 13.8 Å². The standard InChI is InChI=1S/C17H15N/c1-12-3-6-16-15(11-12)5-4-13(2)17(16)14-7-9-18-10-8-14/h3-11H,1-2H3. The first-order chi connectivity index (χ1) is 8.75. The van der Waals surface area contributed by atoms with Gasteiger partial charge in [0.1, 0.15) is 0 Å². The Bertz CT molecular complexity index is 699. The summed E-state index contributed by atoms with van der Waals surface area (Å²) in [4.78, 5) is 4.09. The first-order valence-corrected chi connectivity index (χ1v) is 6.16. The fourth-order valence-electron chi connectivity index (χ4n) is 2.46. The Kier molecular flexibility index (Phi) is 2.60. The normalized spacial score (nSPS) is 10.8. The zero-order valence-corrected chi connectivity index (χ0v) is 10.6. The highest BCUT2D eigenvalue weighted by molar-refractivity contribution is 5.98. The molecule has 0 fully saturated rings. The van der Waals surface area contributed by atoms with Crippen LogP contribution in [0.3, 0.4) is 0 Å². The molecule has 0 aliphatic heterocycles. The summed E-state index contributed by atoms with van der Waals surface area (Å²) in [5, 5.41) is 2.61. The number of hydrogen-bond donors (Lipinski definition) is 0. The van der Waals surface area contributed by atoms with Crippen molar-refractivity contribution in [1.82, 2.24) is 4.98 Å². The van der Waals surface area contributed by atoms with E-state index in [1.54, 1.807) is 0 Å². The SMILES string of the molecule is Cc1ccc2c(-c3ccncc3)c(C)ccc2c1. The Hall–Kier alpha value is -2.15. The van der Waals surface area contributed by atoms with Crippen molar-refractivity contribution >= 4 is 10.8 Å². The second kappa shape index (κ2) is 4.26. The fourth-order valence-corrected chi connectivity index (χ4v) is 2.46. The minimum absolute atomic E-state index is 1.23. The van der Waals surface area contributed by atoms with E-state index in [0.29, 0.717) is 0 Å². The van der Waals surface area contributed by atoms with Crippen LogP contribution in [0.2, 0.25) is 0 Å². The maximum Gasteiger partial charge on any atom is 0.0273 e. The highest BCUT2D eigenvalue weighted by atomic mass is 14.6. The van der Waals surface area contributed by atoms with E-state index in [0.717, 1.165) is 0 Å². The fraction of sp³-hybridized carbons (Fsp3) is 0.118. The van der Waals surface area contributed by atoms with E-state index in [1.807, 2.05) is 12.4 Å². The van der Waals surface area contributed by atoms with E-state index >= 15 is 0 Å². The predicted molar refractivity (Wildman–Crippen MR) is 76.7 cm³/mol. The molecule has 0 radical (unpaired) electrons. The Morgan fingerprint density at radius 3 is 2.39 bits per heavy atom. The molecule has 0 spiro atoms. The summed E-state index contributed by atoms with van der Waals surface area (Å²) in [6, 6.07) is 15.2. The van der Waals surface area contributed by atoms with E-state index in [-0.39, 0.29) is 0 Å². The van der Waals surface area contributed by atoms with Gasteiger partial charge in [-0.15, -0.1) is 0 Å². The molecule has 0 unspecified atom stereocenters. The van der Waals surface area contributed by atoms with Crippen molar-refractivity contribution in [3.05, 3.63) is 66.0 Å². The van der Waals surface area contributed by atoms with Gasteiger partial charge in [-0.05, 0) is 53.4 Å². The van der Waals surface area contributed by atoms with Crippen molar-refractivity contribution in [2.75, 3.05) is 0 Å². The highest BCUT2D eigenvalue weighted by Crippen LogP contribution is 2.31. The largest absolute Gasteiger partial charge is 0.265 e. The molecule has 88 valence electrons. The smallest absolute Gasteiger partial charge is 0.0273 e. The van der Waals surface area contributed by atoms with Crippen LogP contribution in [0.4, 0.5) is 0 Å². The second-order valence-electron chi connectivity index (χ2n) is 4.72. The Labute approximate surface area is 107 Å². The lowest BCUT2D eigenvalue weighted by molar-refractivity contribution is 1.33. The van der Waals surface area contributed by atoms with Gasteiger partial charge in [-0.2, -0.15) is 0 Å². The molecule has 0 aliphatic rings. The van der Waals surface area contributed by atoms with Crippen LogP contribution in [0, 0.1) is 13.8 Å². The van der Waals surface area contributed by atoms with Gasteiger partial charge < -0.3 is 0 Å². The molecule has 3 aromatic rings. The molecule has 3 rings (SSSR count). The van der Waals surface area contributed by atoms with E-state index in [4.69, 9.17) is 0 Å². The van der Waals surface area contributed by atoms with Crippen LogP contribution in [0.15, 0.2) is 54.9 Å². The molecule has 0 saturated carbocycles. The predicted octanol–water partition coefficient (Wildman–Crippen LogP) is 4.52. The third kappa shape index (κ3) is 1.78. The van der Waals surface area contributed by atoms with Gasteiger partial charge >= 0.3 is 0 Å². The number of rotatable bonds is 1. The molecule has 0 N–H and O–H groups in total. The Morgan fingerprint density at radius 2 is 1.61 bits per heavy atom. The van der Waals surface area contributed by atoms with Gasteiger partial charge in [0.2, 0.25) is 0 Å². The van der Waals surface area contributed by atoms with Crippen LogP contribution in [0.5, 0.6) is 0 Å². The average Bonchev–Trinajstić information content (AvgIpc) is 2.40. The molecule has 1 heteroatoms. The molecule has 2 aromatic carbocycles. The molecule has 0 amide bonds. The van der Waals surface area contributed by atoms with Crippen LogP contribution < -0.4 is 0 Å². The highest BCUT2D eigenvalue weighted by Gasteiger charge is 2.06. The Morgan fingerprint density at radius 1 is 0.833 bits per heavy atom. The lowest BCUT2D eigenvalue weighted by Crippen LogP contribution is -1.87. The summed E-state index contributed by atoms with van der Waals surface area (Å²) in [6.45, 7) is 4.29. The lowest BCUT2D eigenvalue weighted by atomic mass is 9.94. The molecule has 1 aromatic heterocycles. The van der Waals surface area contributed by atoms with E-state index in [9.17, 15) is 0 Å². The number of nitrogens with zero attached hydrogens (tertiary/aromatic N) is 1. The third-order valence-electron chi connectivity index (χ3n) is 3.35. The third-order valence-corrected chi connectivity index (χ3v) is 3.35. The van der Waals surface area contributed by atoms with Gasteiger partial charge in [-0.1, -0.05) is 35.9 Å². The molecule has 0 bridgehead atoms. The van der Waals surface area contributed by atoms with Crippen LogP contribution >= 0.6 is 0 Å². The first kappa shape index (κ1) is 11.0. The van der Waals surface area contributed by atoms with Crippen molar-refractivity contribution < 1.29 is 0 Å². The van der Waals surface area contributed by atoms with Crippen LogP contribution in [-0.4, -0.2) is 4.98 Å². The summed E-state index contributed by atoms with van der Waals surface area (Å²) in [6.07, 6.45) is 3.70. The van der Waals surface area contributed by atoms with E-state index in [1.165, 1.54) is 33.0 Å². The van der Waals surface area contributed by atoms with Gasteiger partial charge in [-0.3, -0.25) is 4.98 Å². The zero-order valence-electron chi connectivity index (χ0n) is 10.6. The topological polar surface area (TPSA) is 12.9 Å². The summed E-state index contributed by atoms with van der Waals surface area (Å²) in [7, 11) is 0. The molecule has 1 nitrogen and oxygen atoms in total. The number of hydrogen-bond acceptors (Lipinski definition) is 1. The molecule has 1 heterocycles. The number of aromatic nitrogens is 1. The minimum Gasteiger partial charge on any atom is -0.265 e. The van der Waals surface area contributed by atoms with E-state index in [2.05, 4.69) is 61.3 Å². The minimum atomic E-state index is 1.23. The molecule has 18 heavy (non-hydrogen) atoms. The number of benzene rings is 2. The van der Waals surface area contributed by atoms with Crippen molar-refractivity contribution in [3.8, 4) is 11.1 Å². The maximum absolute atomic E-state index is 4.09. The van der Waals surface area contributed by atoms with Gasteiger partial charge in [0.15, 0.2) is 0 Å². The van der Waals surface area contributed by atoms with Crippen LogP contribution in [0.1, 0.15) is 11.1 Å². The molecule has 0 atom stereocenters. The summed E-state index contributed by atoms with van der Waals surface area (Å²) < 4.78 is 0. The van der Waals surface area contributed by atoms with E-state index < -0.39 is 0 Å². The monoisotopic (exact) mass is 233 g/mol. The van der Waals surface area contributed by atoms with Crippen LogP contribution in [-0.2, 0) is 0 Å². The molecular weight excluding hydrogens is 218 g/mol. The number of fused-ring (bicyclic) bond motifs is 1. The number of aryl methyl sites for hydroxylation is 2. The van der Waals surface area contributed by atoms with Crippen molar-refractivity contribution in [3.63, 3.8) is 0 Å². The van der Waals surface area contributed by atoms with Gasteiger partial charge in [0.25, 0.3) is 0 Å². The molecular formula is C17H15N. The summed E-state index contributed by atoms with van der Waals surface area (Å²) in [5.41, 5.74) is 5.15. The molecule has 0 aliphatic carbocycles. The van der Waals surface area contributed by atoms with Gasteiger partial charge in [0, 0.05) is 12.4 Å². The molecule has 0 saturated heterocycles. The number of pyridine rings is 1. The second-order valence-corrected chi connectivity index (χ2v) is 4.72. The summed E-state index contributed by atoms with van der Waals surface area (Å²) >= 11 is 0. The maximum atomic E-state index is 4.09. The van der Waals surface area contributed by atoms with Crippen molar-refractivity contribution in [2.24, 2.45) is 0 Å². The van der Waals surface area contributed by atoms with Crippen LogP contribution in [0.25, 0.3) is 21.9 Å². The first-order valence-electron chi connectivity index (χ1n) is 6.16. The van der Waals surface area contributed by atoms with Gasteiger partial charge in [0.05, 0.1) is 0 Å². The Balaban J connectivity index is 2.37. The summed E-state index contributed by atoms with van der Waals surface area (Å²) in [5.74, 6) is 0. The van der Waals surface area contributed by atoms with Crippen molar-refractivity contribution in [1.29, 1.82) is 0 Å². The average molecular weight is 233 g/mol. The quantitative estimate of drug-likeness (QED) is 0.602. The zero-order chi connectivity index (χ0) is 12.5. The lowest BCUT2D eigenvalue weighted by Gasteiger charge is -2.11.